The molecule has 1 fully saturated rings. The van der Waals surface area contributed by atoms with Crippen molar-refractivity contribution in [2.45, 2.75) is 51.8 Å². The van der Waals surface area contributed by atoms with Gasteiger partial charge in [-0.05, 0) is 74.2 Å². The number of aliphatic hydroxyl groups is 1. The average Bonchev–Trinajstić information content (AvgIpc) is 3.32. The number of benzene rings is 1. The van der Waals surface area contributed by atoms with Crippen LogP contribution in [-0.4, -0.2) is 69.9 Å². The van der Waals surface area contributed by atoms with Gasteiger partial charge in [0, 0.05) is 30.8 Å². The van der Waals surface area contributed by atoms with Crippen LogP contribution in [0.3, 0.4) is 0 Å². The van der Waals surface area contributed by atoms with Gasteiger partial charge in [-0.25, -0.2) is 8.91 Å². The highest BCUT2D eigenvalue weighted by Gasteiger charge is 2.27. The van der Waals surface area contributed by atoms with Crippen LogP contribution in [0.25, 0.3) is 28.0 Å². The van der Waals surface area contributed by atoms with Crippen LogP contribution in [0, 0.1) is 19.7 Å². The molecule has 4 heterocycles. The number of ether oxygens (including phenoxy) is 1. The van der Waals surface area contributed by atoms with Crippen LogP contribution in [0.2, 0.25) is 0 Å². The third kappa shape index (κ3) is 5.33. The fourth-order valence-corrected chi connectivity index (χ4v) is 4.87. The molecule has 41 heavy (non-hydrogen) atoms. The number of methoxy groups -OCH3 is 1. The number of pyridine rings is 1. The maximum Gasteiger partial charge on any atom is 0.259 e. The van der Waals surface area contributed by atoms with E-state index in [1.165, 1.54) is 30.2 Å². The summed E-state index contributed by atoms with van der Waals surface area (Å²) in [6.07, 6.45) is 7.09. The molecule has 1 aliphatic carbocycles. The van der Waals surface area contributed by atoms with Gasteiger partial charge >= 0.3 is 0 Å². The number of hydrogen-bond acceptors (Lipinski definition) is 8. The van der Waals surface area contributed by atoms with E-state index in [9.17, 15) is 14.3 Å². The van der Waals surface area contributed by atoms with Gasteiger partial charge in [-0.3, -0.25) is 9.48 Å². The van der Waals surface area contributed by atoms with E-state index in [0.29, 0.717) is 22.3 Å². The van der Waals surface area contributed by atoms with E-state index in [4.69, 9.17) is 4.74 Å². The van der Waals surface area contributed by atoms with Gasteiger partial charge in [-0.1, -0.05) is 0 Å². The molecule has 0 spiro atoms. The minimum absolute atomic E-state index is 0.164. The van der Waals surface area contributed by atoms with Gasteiger partial charge in [-0.2, -0.15) is 15.0 Å². The molecule has 1 atom stereocenters. The van der Waals surface area contributed by atoms with Gasteiger partial charge in [0.1, 0.15) is 11.4 Å². The number of amides is 1. The van der Waals surface area contributed by atoms with E-state index in [-0.39, 0.29) is 30.6 Å². The van der Waals surface area contributed by atoms with E-state index >= 15 is 0 Å². The molecule has 2 N–H and O–H groups in total. The summed E-state index contributed by atoms with van der Waals surface area (Å²) in [6.45, 7) is 5.73. The van der Waals surface area contributed by atoms with Gasteiger partial charge in [-0.15, -0.1) is 10.2 Å². The van der Waals surface area contributed by atoms with Gasteiger partial charge in [0.2, 0.25) is 5.82 Å². The fraction of sp³-hybridized carbons (Fsp3) is 0.357. The molecule has 1 aromatic carbocycles. The molecule has 212 valence electrons. The topological polar surface area (TPSA) is 137 Å². The zero-order valence-corrected chi connectivity index (χ0v) is 23.2. The molecule has 1 amide bonds. The second kappa shape index (κ2) is 10.2. The quantitative estimate of drug-likeness (QED) is 0.280. The van der Waals surface area contributed by atoms with E-state index < -0.39 is 17.3 Å². The van der Waals surface area contributed by atoms with Gasteiger partial charge in [0.05, 0.1) is 47.7 Å². The number of carbonyl (C=O) groups excluding carboxylic acids is 1. The number of carbonyl (C=O) groups is 1. The number of aromatic nitrogens is 8. The smallest absolute Gasteiger partial charge is 0.259 e. The first kappa shape index (κ1) is 26.7. The normalized spacial score (nSPS) is 14.9. The van der Waals surface area contributed by atoms with E-state index in [1.54, 1.807) is 29.2 Å². The molecule has 5 aromatic rings. The lowest BCUT2D eigenvalue weighted by atomic mass is 10.1. The largest absolute Gasteiger partial charge is 0.386 e. The van der Waals surface area contributed by atoms with E-state index in [0.717, 1.165) is 29.7 Å². The van der Waals surface area contributed by atoms with Crippen LogP contribution in [0.1, 0.15) is 47.4 Å². The third-order valence-corrected chi connectivity index (χ3v) is 7.09. The maximum absolute atomic E-state index is 14.9. The highest BCUT2D eigenvalue weighted by atomic mass is 19.1. The van der Waals surface area contributed by atoms with Crippen LogP contribution in [0.5, 0.6) is 0 Å². The second-order valence-corrected chi connectivity index (χ2v) is 10.8. The molecular weight excluding hydrogens is 529 g/mol. The number of hydrogen-bond donors (Lipinski definition) is 2. The predicted octanol–water partition coefficient (Wildman–Crippen LogP) is 3.59. The van der Waals surface area contributed by atoms with Crippen molar-refractivity contribution in [3.8, 4) is 22.5 Å². The van der Waals surface area contributed by atoms with Crippen LogP contribution < -0.4 is 5.32 Å². The Labute approximate surface area is 234 Å². The zero-order valence-electron chi connectivity index (χ0n) is 23.2. The highest BCUT2D eigenvalue weighted by Crippen LogP contribution is 2.34. The minimum Gasteiger partial charge on any atom is -0.386 e. The van der Waals surface area contributed by atoms with E-state index in [2.05, 4.69) is 30.9 Å². The lowest BCUT2D eigenvalue weighted by molar-refractivity contribution is -0.0308. The molecule has 1 unspecified atom stereocenters. The van der Waals surface area contributed by atoms with Gasteiger partial charge in [0.15, 0.2) is 0 Å². The lowest BCUT2D eigenvalue weighted by Crippen LogP contribution is -2.35. The first-order valence-corrected chi connectivity index (χ1v) is 13.3. The van der Waals surface area contributed by atoms with Gasteiger partial charge < -0.3 is 15.2 Å². The number of fused-ring (bicyclic) bond motifs is 1. The average molecular weight is 560 g/mol. The molecule has 6 rings (SSSR count). The fourth-order valence-electron chi connectivity index (χ4n) is 4.87. The van der Waals surface area contributed by atoms with Crippen molar-refractivity contribution in [3.63, 3.8) is 0 Å². The first-order chi connectivity index (χ1) is 19.6. The second-order valence-electron chi connectivity index (χ2n) is 10.8. The molecule has 4 aromatic heterocycles. The third-order valence-electron chi connectivity index (χ3n) is 7.09. The van der Waals surface area contributed by atoms with Crippen LogP contribution in [0.15, 0.2) is 42.9 Å². The van der Waals surface area contributed by atoms with Crippen molar-refractivity contribution in [2.75, 3.05) is 19.0 Å². The summed E-state index contributed by atoms with van der Waals surface area (Å²) in [4.78, 5) is 15.0. The summed E-state index contributed by atoms with van der Waals surface area (Å²) in [5, 5.41) is 34.7. The number of tetrazole rings is 1. The minimum atomic E-state index is -1.08. The predicted molar refractivity (Wildman–Crippen MR) is 148 cm³/mol. The van der Waals surface area contributed by atoms with E-state index in [1.807, 2.05) is 25.3 Å². The van der Waals surface area contributed by atoms with Crippen molar-refractivity contribution in [2.24, 2.45) is 0 Å². The Balaban J connectivity index is 1.28. The number of anilines is 1. The first-order valence-electron chi connectivity index (χ1n) is 13.3. The Morgan fingerprint density at radius 2 is 2.02 bits per heavy atom. The maximum atomic E-state index is 14.9. The SMILES string of the molecule is COCC(C)(O)Cn1cc(-c2ccn3ncc(C(=O)Nc4cc(-c5nnn(C6CC6)n5)c(F)cc4C)c3c2)c(C)n1. The molecule has 0 bridgehead atoms. The Kier molecular flexibility index (Phi) is 6.62. The van der Waals surface area contributed by atoms with Crippen LogP contribution >= 0.6 is 0 Å². The van der Waals surface area contributed by atoms with Crippen molar-refractivity contribution in [1.82, 2.24) is 39.6 Å². The molecule has 12 nitrogen and oxygen atoms in total. The molecule has 13 heteroatoms. The number of halogens is 1. The van der Waals surface area contributed by atoms with Crippen molar-refractivity contribution in [3.05, 3.63) is 65.5 Å². The summed E-state index contributed by atoms with van der Waals surface area (Å²) < 4.78 is 23.3. The molecule has 1 aliphatic rings. The Morgan fingerprint density at radius 3 is 2.78 bits per heavy atom. The van der Waals surface area contributed by atoms with Crippen molar-refractivity contribution in [1.29, 1.82) is 0 Å². The number of aryl methyl sites for hydroxylation is 2. The van der Waals surface area contributed by atoms with Crippen molar-refractivity contribution >= 4 is 17.1 Å². The van der Waals surface area contributed by atoms with Crippen LogP contribution in [0.4, 0.5) is 10.1 Å². The number of rotatable bonds is 9. The number of nitrogens with one attached hydrogen (secondary N) is 1. The Hall–Kier alpha value is -4.49. The monoisotopic (exact) mass is 559 g/mol. The highest BCUT2D eigenvalue weighted by molar-refractivity contribution is 6.09. The molecule has 0 aliphatic heterocycles. The molecule has 0 radical (unpaired) electrons. The number of nitrogens with zero attached hydrogens (tertiary/aromatic N) is 8. The summed E-state index contributed by atoms with van der Waals surface area (Å²) in [5.74, 6) is -0.711. The lowest BCUT2D eigenvalue weighted by Gasteiger charge is -2.21. The van der Waals surface area contributed by atoms with Crippen LogP contribution in [-0.2, 0) is 11.3 Å². The van der Waals surface area contributed by atoms with Crippen molar-refractivity contribution < 1.29 is 19.0 Å². The zero-order chi connectivity index (χ0) is 28.9. The summed E-state index contributed by atoms with van der Waals surface area (Å²) in [7, 11) is 1.54. The summed E-state index contributed by atoms with van der Waals surface area (Å²) in [6, 6.07) is 6.85. The summed E-state index contributed by atoms with van der Waals surface area (Å²) in [5.41, 5.74) is 3.49. The Morgan fingerprint density at radius 1 is 1.22 bits per heavy atom. The summed E-state index contributed by atoms with van der Waals surface area (Å²) >= 11 is 0. The Bertz CT molecular complexity index is 1770. The molecule has 1 saturated carbocycles. The standard InChI is InChI=1S/C28H30FN9O3/c1-16-9-23(29)20(26-32-35-38(34-26)19-5-6-19)11-24(16)31-27(39)21-12-30-37-8-7-18(10-25(21)37)22-13-36(33-17(22)2)14-28(3,40)15-41-4/h7-13,19,40H,5-6,14-15H2,1-4H3,(H,31,39). The molecular formula is C28H30FN9O3. The van der Waals surface area contributed by atoms with Gasteiger partial charge in [0.25, 0.3) is 5.91 Å². The molecule has 0 saturated heterocycles.